The molecular formula is C47H60O23S6. The lowest BCUT2D eigenvalue weighted by molar-refractivity contribution is -0.171. The highest BCUT2D eigenvalue weighted by Gasteiger charge is 2.72. The number of hydrogen-bond acceptors (Lipinski definition) is 26. The summed E-state index contributed by atoms with van der Waals surface area (Å²) < 4.78 is 118. The Kier molecular flexibility index (Phi) is 18.6. The quantitative estimate of drug-likeness (QED) is 0.0589. The maximum atomic E-state index is 12.0. The number of carbonyl (C=O) groups is 8. The second-order valence-electron chi connectivity index (χ2n) is 20.4. The number of carbonyl (C=O) groups excluding carboxylic acids is 8. The predicted molar refractivity (Wildman–Crippen MR) is 270 cm³/mol. The average Bonchev–Trinajstić information content (AvgIpc) is 4.23. The minimum atomic E-state index is -3.63. The Labute approximate surface area is 453 Å². The highest BCUT2D eigenvalue weighted by molar-refractivity contribution is 8.15. The van der Waals surface area contributed by atoms with E-state index >= 15 is 0 Å². The van der Waals surface area contributed by atoms with Crippen molar-refractivity contribution < 1.29 is 105 Å². The van der Waals surface area contributed by atoms with Crippen LogP contribution in [0, 0.1) is 41.4 Å². The van der Waals surface area contributed by atoms with Crippen LogP contribution in [0.1, 0.15) is 66.7 Å². The first-order chi connectivity index (χ1) is 35.4. The van der Waals surface area contributed by atoms with E-state index in [4.69, 9.17) is 41.0 Å². The molecule has 3 heterocycles. The van der Waals surface area contributed by atoms with E-state index in [1.807, 2.05) is 6.92 Å². The molecule has 16 unspecified atom stereocenters. The van der Waals surface area contributed by atoms with Gasteiger partial charge >= 0.3 is 29.8 Å². The zero-order chi connectivity index (χ0) is 56.0. The molecule has 23 nitrogen and oxygen atoms in total. The van der Waals surface area contributed by atoms with E-state index in [1.165, 1.54) is 13.8 Å². The lowest BCUT2D eigenvalue weighted by atomic mass is 9.83. The van der Waals surface area contributed by atoms with Crippen molar-refractivity contribution in [3.05, 3.63) is 36.5 Å². The van der Waals surface area contributed by atoms with Gasteiger partial charge in [0.15, 0.2) is 13.2 Å². The molecule has 0 aromatic heterocycles. The van der Waals surface area contributed by atoms with Gasteiger partial charge < -0.3 is 28.4 Å². The van der Waals surface area contributed by atoms with Crippen molar-refractivity contribution in [3.8, 4) is 0 Å². The van der Waals surface area contributed by atoms with Gasteiger partial charge in [0.25, 0.3) is 30.4 Å². The van der Waals surface area contributed by atoms with Gasteiger partial charge in [0.05, 0.1) is 33.9 Å². The third-order valence-electron chi connectivity index (χ3n) is 15.1. The molecule has 9 fully saturated rings. The first-order valence-electron chi connectivity index (χ1n) is 24.2. The van der Waals surface area contributed by atoms with Crippen LogP contribution in [0.15, 0.2) is 36.5 Å². The zero-order valence-corrected chi connectivity index (χ0v) is 47.0. The maximum Gasteiger partial charge on any atom is 0.344 e. The topological polar surface area (TPSA) is 322 Å². The van der Waals surface area contributed by atoms with Gasteiger partial charge in [-0.1, -0.05) is 61.9 Å². The molecule has 76 heavy (non-hydrogen) atoms. The number of ether oxygens (including phenoxy) is 6. The lowest BCUT2D eigenvalue weighted by Crippen LogP contribution is -2.47. The second kappa shape index (κ2) is 23.6. The summed E-state index contributed by atoms with van der Waals surface area (Å²) in [5.41, 5.74) is 0.0602. The van der Waals surface area contributed by atoms with Crippen molar-refractivity contribution in [1.82, 2.24) is 0 Å². The Bertz CT molecular complexity index is 2780. The van der Waals surface area contributed by atoms with Crippen molar-refractivity contribution in [2.75, 3.05) is 43.7 Å². The molecule has 3 saturated heterocycles. The molecule has 6 aliphatic carbocycles. The second-order valence-corrected chi connectivity index (χ2v) is 28.6. The molecule has 0 aromatic carbocycles. The van der Waals surface area contributed by atoms with Crippen molar-refractivity contribution in [2.45, 2.75) is 119 Å². The summed E-state index contributed by atoms with van der Waals surface area (Å²) in [5.74, 6) is -4.07. The molecule has 0 aromatic rings. The van der Waals surface area contributed by atoms with E-state index in [9.17, 15) is 63.6 Å². The standard InChI is InChI=1S/C16H20O8S2.C16H22O7S2.C15H18O8S2/c1-8(2)15(19)25-7-13(18)22-6-12(17)23-14-9-4-10-11(5-9)26(20,21)24-16(10,14)3;1-8(2)16(18)24-5-4-21-7-12(17)22-13-10-6-11-14(13)23-25(19,20)15(11)9(10)3;1-7(2)15(18)24-6-12(17)21-5-11(16)22-13-8-3-9-10(4-8)25(19,20)23-14(9)13/h9-11,14H,1,4-7H2,2-3H3;9-11,13-15H,1,4-7H2,2-3H3;8-10,13-14H,1,3-6H2,2H3. The van der Waals surface area contributed by atoms with E-state index in [0.29, 0.717) is 54.6 Å². The molecule has 9 rings (SSSR count). The van der Waals surface area contributed by atoms with E-state index in [-0.39, 0.29) is 81.5 Å². The first-order valence-corrected chi connectivity index (χ1v) is 31.6. The van der Waals surface area contributed by atoms with Crippen molar-refractivity contribution in [3.63, 3.8) is 0 Å². The Hall–Kier alpha value is -3.68. The van der Waals surface area contributed by atoms with Gasteiger partial charge in [-0.15, -0.1) is 0 Å². The van der Waals surface area contributed by atoms with E-state index in [2.05, 4.69) is 19.7 Å². The molecule has 6 bridgehead atoms. The molecule has 422 valence electrons. The zero-order valence-electron chi connectivity index (χ0n) is 42.1. The number of fused-ring (bicyclic) bond motifs is 3. The molecule has 0 amide bonds. The molecule has 6 saturated carbocycles. The molecular weight excluding hydrogens is 1120 g/mol. The van der Waals surface area contributed by atoms with Crippen LogP contribution in [0.5, 0.6) is 0 Å². The molecule has 29 heteroatoms. The minimum absolute atomic E-state index is 0.0185. The Morgan fingerprint density at radius 3 is 1.67 bits per heavy atom. The van der Waals surface area contributed by atoms with Gasteiger partial charge in [-0.2, -0.15) is 25.3 Å². The van der Waals surface area contributed by atoms with Crippen LogP contribution in [0.4, 0.5) is 0 Å². The smallest absolute Gasteiger partial charge is 0.344 e. The van der Waals surface area contributed by atoms with Crippen LogP contribution in [0.25, 0.3) is 0 Å². The van der Waals surface area contributed by atoms with Gasteiger partial charge in [0.2, 0.25) is 15.3 Å². The van der Waals surface area contributed by atoms with E-state index in [0.717, 1.165) is 35.3 Å². The van der Waals surface area contributed by atoms with E-state index in [1.54, 1.807) is 13.8 Å². The maximum absolute atomic E-state index is 12.0. The monoisotopic (exact) mass is 1180 g/mol. The summed E-state index contributed by atoms with van der Waals surface area (Å²) in [4.78, 5) is 93.0. The summed E-state index contributed by atoms with van der Waals surface area (Å²) in [7, 11) is -10.7. The minimum Gasteiger partial charge on any atom is -0.458 e. The molecule has 3 aliphatic heterocycles. The van der Waals surface area contributed by atoms with Gasteiger partial charge in [0.1, 0.15) is 42.7 Å². The first kappa shape index (κ1) is 60.0. The van der Waals surface area contributed by atoms with Gasteiger partial charge in [-0.25, -0.2) is 14.4 Å². The van der Waals surface area contributed by atoms with Crippen LogP contribution in [-0.4, -0.2) is 166 Å². The summed E-state index contributed by atoms with van der Waals surface area (Å²) >= 11 is 2.57. The van der Waals surface area contributed by atoms with Crippen molar-refractivity contribution in [2.24, 2.45) is 41.4 Å². The summed E-state index contributed by atoms with van der Waals surface area (Å²) in [6.45, 7) is 17.5. The van der Waals surface area contributed by atoms with Crippen LogP contribution in [0.2, 0.25) is 0 Å². The number of esters is 5. The normalized spacial score (nSPS) is 35.7. The van der Waals surface area contributed by atoms with Gasteiger partial charge in [-0.05, 0) is 82.4 Å². The molecule has 9 aliphatic rings. The average molecular weight is 1190 g/mol. The summed E-state index contributed by atoms with van der Waals surface area (Å²) in [6, 6.07) is 0. The van der Waals surface area contributed by atoms with Crippen LogP contribution >= 0.6 is 35.3 Å². The number of hydrogen-bond donors (Lipinski definition) is 0. The molecule has 16 atom stereocenters. The van der Waals surface area contributed by atoms with Crippen LogP contribution < -0.4 is 0 Å². The highest BCUT2D eigenvalue weighted by atomic mass is 32.2. The number of thioether (sulfide) groups is 3. The highest BCUT2D eigenvalue weighted by Crippen LogP contribution is 2.62. The van der Waals surface area contributed by atoms with Gasteiger partial charge in [-0.3, -0.25) is 36.5 Å². The SMILES string of the molecule is C=C(C)C(=O)SCC(=O)OCC(=O)OC1C2CC3C(C2)S(=O)(=O)OC31C.C=C(C)C(=O)SCC(=O)OCC(=O)OC1C2CC3C1OS(=O)(=O)C3C2.C=C(C)C(=O)SCCOCC(=O)OC1C2CC3C1OS(=O)(=O)C3C2C. The molecule has 0 radical (unpaired) electrons. The Morgan fingerprint density at radius 1 is 0.566 bits per heavy atom. The molecule has 0 spiro atoms. The number of rotatable bonds is 19. The fraction of sp³-hybridized carbons (Fsp3) is 0.702. The largest absolute Gasteiger partial charge is 0.458 e. The molecule has 0 N–H and O–H groups in total. The fourth-order valence-electron chi connectivity index (χ4n) is 12.0. The van der Waals surface area contributed by atoms with E-state index < -0.39 is 125 Å². The van der Waals surface area contributed by atoms with Crippen molar-refractivity contribution >= 4 is 111 Å². The summed E-state index contributed by atoms with van der Waals surface area (Å²) in [6.07, 6.45) is -0.139. The fourth-order valence-corrected chi connectivity index (χ4v) is 19.8. The third kappa shape index (κ3) is 12.8. The Balaban J connectivity index is 0.000000166. The lowest BCUT2D eigenvalue weighted by Gasteiger charge is -2.33. The Morgan fingerprint density at radius 2 is 1.08 bits per heavy atom. The summed E-state index contributed by atoms with van der Waals surface area (Å²) in [5, 5.41) is -2.22. The predicted octanol–water partition coefficient (Wildman–Crippen LogP) is 2.35. The van der Waals surface area contributed by atoms with Crippen LogP contribution in [-0.2, 0) is 110 Å². The van der Waals surface area contributed by atoms with Crippen LogP contribution in [0.3, 0.4) is 0 Å². The van der Waals surface area contributed by atoms with Crippen molar-refractivity contribution in [1.29, 1.82) is 0 Å². The van der Waals surface area contributed by atoms with Gasteiger partial charge in [0, 0.05) is 41.3 Å². The third-order valence-corrected chi connectivity index (χ3v) is 23.6.